The molecule has 0 unspecified atom stereocenters. The maximum atomic E-state index is 11.4. The molecule has 0 aliphatic carbocycles. The number of hydrogen-bond donors (Lipinski definition) is 0. The van der Waals surface area contributed by atoms with Crippen LogP contribution in [0.5, 0.6) is 5.75 Å². The third-order valence-electron chi connectivity index (χ3n) is 4.26. The fourth-order valence-electron chi connectivity index (χ4n) is 2.90. The zero-order chi connectivity index (χ0) is 15.7. The molecule has 0 N–H and O–H groups in total. The Labute approximate surface area is 130 Å². The third-order valence-corrected chi connectivity index (χ3v) is 4.26. The first kappa shape index (κ1) is 14.6. The van der Waals surface area contributed by atoms with Gasteiger partial charge in [-0.15, -0.1) is 0 Å². The zero-order valence-corrected chi connectivity index (χ0v) is 13.3. The second kappa shape index (κ2) is 5.83. The normalized spacial score (nSPS) is 15.2. The molecule has 2 aromatic rings. The molecule has 3 rings (SSSR count). The van der Waals surface area contributed by atoms with Crippen molar-refractivity contribution in [2.75, 3.05) is 38.2 Å². The number of amides is 1. The molecule has 116 valence electrons. The van der Waals surface area contributed by atoms with Crippen LogP contribution in [-0.2, 0) is 4.79 Å². The molecule has 1 aliphatic heterocycles. The van der Waals surface area contributed by atoms with Crippen LogP contribution in [0, 0.1) is 6.92 Å². The first-order valence-electron chi connectivity index (χ1n) is 7.54. The molecular weight excluding hydrogens is 278 g/mol. The van der Waals surface area contributed by atoms with Crippen molar-refractivity contribution in [1.29, 1.82) is 0 Å². The van der Waals surface area contributed by atoms with E-state index in [1.165, 1.54) is 5.56 Å². The van der Waals surface area contributed by atoms with Gasteiger partial charge in [0.2, 0.25) is 5.91 Å². The fraction of sp³-hybridized carbons (Fsp3) is 0.412. The summed E-state index contributed by atoms with van der Waals surface area (Å²) in [5, 5.41) is 1.15. The van der Waals surface area contributed by atoms with E-state index in [2.05, 4.69) is 17.9 Å². The van der Waals surface area contributed by atoms with Crippen molar-refractivity contribution in [3.63, 3.8) is 0 Å². The summed E-state index contributed by atoms with van der Waals surface area (Å²) in [4.78, 5) is 20.3. The smallest absolute Gasteiger partial charge is 0.219 e. The van der Waals surface area contributed by atoms with Crippen molar-refractivity contribution in [1.82, 2.24) is 9.88 Å². The molecule has 0 atom stereocenters. The molecule has 1 saturated heterocycles. The first-order valence-corrected chi connectivity index (χ1v) is 7.54. The number of carbonyl (C=O) groups is 1. The van der Waals surface area contributed by atoms with E-state index in [1.807, 2.05) is 23.1 Å². The van der Waals surface area contributed by atoms with Gasteiger partial charge in [0, 0.05) is 44.6 Å². The minimum absolute atomic E-state index is 0.145. The van der Waals surface area contributed by atoms with Crippen LogP contribution < -0.4 is 9.64 Å². The summed E-state index contributed by atoms with van der Waals surface area (Å²) in [6.45, 7) is 6.88. The van der Waals surface area contributed by atoms with Crippen LogP contribution >= 0.6 is 0 Å². The number of methoxy groups -OCH3 is 1. The minimum Gasteiger partial charge on any atom is -0.497 e. The average molecular weight is 299 g/mol. The zero-order valence-electron chi connectivity index (χ0n) is 13.3. The van der Waals surface area contributed by atoms with Crippen molar-refractivity contribution < 1.29 is 9.53 Å². The highest BCUT2D eigenvalue weighted by Crippen LogP contribution is 2.26. The molecule has 0 radical (unpaired) electrons. The number of aromatic nitrogens is 1. The van der Waals surface area contributed by atoms with Crippen LogP contribution in [0.3, 0.4) is 0 Å². The average Bonchev–Trinajstić information content (AvgIpc) is 2.54. The molecule has 1 amide bonds. The number of anilines is 1. The molecule has 1 aromatic carbocycles. The second-order valence-corrected chi connectivity index (χ2v) is 5.67. The fourth-order valence-corrected chi connectivity index (χ4v) is 2.90. The second-order valence-electron chi connectivity index (χ2n) is 5.67. The third kappa shape index (κ3) is 2.71. The van der Waals surface area contributed by atoms with E-state index >= 15 is 0 Å². The maximum absolute atomic E-state index is 11.4. The first-order chi connectivity index (χ1) is 10.6. The number of benzene rings is 1. The summed E-state index contributed by atoms with van der Waals surface area (Å²) in [5.41, 5.74) is 2.15. The van der Waals surface area contributed by atoms with Gasteiger partial charge in [0.15, 0.2) is 0 Å². The quantitative estimate of drug-likeness (QED) is 0.853. The molecule has 1 aliphatic rings. The van der Waals surface area contributed by atoms with Crippen molar-refractivity contribution in [2.45, 2.75) is 13.8 Å². The number of fused-ring (bicyclic) bond motifs is 1. The SMILES string of the molecule is COc1ccc2c(C)cc(N3CCN(C(C)=O)CC3)nc2c1. The Morgan fingerprint density at radius 2 is 1.91 bits per heavy atom. The van der Waals surface area contributed by atoms with Crippen molar-refractivity contribution in [2.24, 2.45) is 0 Å². The Kier molecular flexibility index (Phi) is 3.88. The topological polar surface area (TPSA) is 45.7 Å². The molecular formula is C17H21N3O2. The number of carbonyl (C=O) groups excluding carboxylic acids is 1. The monoisotopic (exact) mass is 299 g/mol. The Morgan fingerprint density at radius 1 is 1.18 bits per heavy atom. The standard InChI is InChI=1S/C17H21N3O2/c1-12-10-17(20-8-6-19(7-9-20)13(2)21)18-16-11-14(22-3)4-5-15(12)16/h4-5,10-11H,6-9H2,1-3H3. The lowest BCUT2D eigenvalue weighted by atomic mass is 10.1. The largest absolute Gasteiger partial charge is 0.497 e. The van der Waals surface area contributed by atoms with E-state index in [0.29, 0.717) is 0 Å². The number of ether oxygens (including phenoxy) is 1. The van der Waals surface area contributed by atoms with E-state index in [0.717, 1.165) is 48.6 Å². The highest BCUT2D eigenvalue weighted by atomic mass is 16.5. The molecule has 2 heterocycles. The summed E-state index contributed by atoms with van der Waals surface area (Å²) < 4.78 is 5.29. The van der Waals surface area contributed by atoms with Gasteiger partial charge in [-0.3, -0.25) is 4.79 Å². The van der Waals surface area contributed by atoms with Crippen LogP contribution in [0.4, 0.5) is 5.82 Å². The minimum atomic E-state index is 0.145. The van der Waals surface area contributed by atoms with Gasteiger partial charge in [-0.2, -0.15) is 0 Å². The van der Waals surface area contributed by atoms with Crippen molar-refractivity contribution >= 4 is 22.6 Å². The number of hydrogen-bond acceptors (Lipinski definition) is 4. The predicted octanol–water partition coefficient (Wildman–Crippen LogP) is 2.22. The molecule has 1 aromatic heterocycles. The van der Waals surface area contributed by atoms with Gasteiger partial charge >= 0.3 is 0 Å². The lowest BCUT2D eigenvalue weighted by Crippen LogP contribution is -2.48. The molecule has 0 spiro atoms. The molecule has 5 heteroatoms. The lowest BCUT2D eigenvalue weighted by molar-refractivity contribution is -0.129. The van der Waals surface area contributed by atoms with Crippen LogP contribution in [0.2, 0.25) is 0 Å². The highest BCUT2D eigenvalue weighted by molar-refractivity contribution is 5.85. The van der Waals surface area contributed by atoms with E-state index < -0.39 is 0 Å². The van der Waals surface area contributed by atoms with E-state index in [-0.39, 0.29) is 5.91 Å². The lowest BCUT2D eigenvalue weighted by Gasteiger charge is -2.35. The van der Waals surface area contributed by atoms with Gasteiger partial charge in [0.05, 0.1) is 12.6 Å². The Bertz CT molecular complexity index is 706. The summed E-state index contributed by atoms with van der Waals surface area (Å²) in [6.07, 6.45) is 0. The Hall–Kier alpha value is -2.30. The van der Waals surface area contributed by atoms with Gasteiger partial charge in [-0.25, -0.2) is 4.98 Å². The highest BCUT2D eigenvalue weighted by Gasteiger charge is 2.20. The van der Waals surface area contributed by atoms with Gasteiger partial charge in [-0.05, 0) is 30.7 Å². The molecule has 22 heavy (non-hydrogen) atoms. The predicted molar refractivity (Wildman–Crippen MR) is 87.5 cm³/mol. The number of aryl methyl sites for hydroxylation is 1. The van der Waals surface area contributed by atoms with Gasteiger partial charge < -0.3 is 14.5 Å². The van der Waals surface area contributed by atoms with Crippen LogP contribution in [0.15, 0.2) is 24.3 Å². The number of nitrogens with zero attached hydrogens (tertiary/aromatic N) is 3. The maximum Gasteiger partial charge on any atom is 0.219 e. The van der Waals surface area contributed by atoms with Crippen LogP contribution in [0.25, 0.3) is 10.9 Å². The van der Waals surface area contributed by atoms with Crippen LogP contribution in [0.1, 0.15) is 12.5 Å². The van der Waals surface area contributed by atoms with Crippen LogP contribution in [-0.4, -0.2) is 49.1 Å². The summed E-state index contributed by atoms with van der Waals surface area (Å²) in [6, 6.07) is 8.10. The van der Waals surface area contributed by atoms with E-state index in [9.17, 15) is 4.79 Å². The molecule has 0 bridgehead atoms. The molecule has 0 saturated carbocycles. The molecule has 1 fully saturated rings. The van der Waals surface area contributed by atoms with Gasteiger partial charge in [-0.1, -0.05) is 0 Å². The number of pyridine rings is 1. The summed E-state index contributed by atoms with van der Waals surface area (Å²) in [7, 11) is 1.67. The number of piperazine rings is 1. The summed E-state index contributed by atoms with van der Waals surface area (Å²) >= 11 is 0. The van der Waals surface area contributed by atoms with E-state index in [4.69, 9.17) is 9.72 Å². The summed E-state index contributed by atoms with van der Waals surface area (Å²) in [5.74, 6) is 1.94. The number of rotatable bonds is 2. The van der Waals surface area contributed by atoms with Gasteiger partial charge in [0.25, 0.3) is 0 Å². The van der Waals surface area contributed by atoms with Gasteiger partial charge in [0.1, 0.15) is 11.6 Å². The van der Waals surface area contributed by atoms with Crippen molar-refractivity contribution in [3.8, 4) is 5.75 Å². The van der Waals surface area contributed by atoms with E-state index in [1.54, 1.807) is 14.0 Å². The Balaban J connectivity index is 1.90. The Morgan fingerprint density at radius 3 is 2.55 bits per heavy atom. The molecule has 5 nitrogen and oxygen atoms in total. The van der Waals surface area contributed by atoms with Crippen molar-refractivity contribution in [3.05, 3.63) is 29.8 Å².